The second-order valence-electron chi connectivity index (χ2n) is 7.94. The van der Waals surface area contributed by atoms with Crippen LogP contribution < -0.4 is 14.4 Å². The Hall–Kier alpha value is -3.10. The lowest BCUT2D eigenvalue weighted by atomic mass is 10.2. The first-order valence-corrected chi connectivity index (χ1v) is 11.8. The SMILES string of the molecule is CC(C=O)Oc1ccc(Sc2cnc(N3CCN(C)CC3)nc2OCc2ccccc2)cc1. The number of nitrogens with zero attached hydrogens (tertiary/aromatic N) is 4. The summed E-state index contributed by atoms with van der Waals surface area (Å²) >= 11 is 1.54. The van der Waals surface area contributed by atoms with Crippen molar-refractivity contribution in [3.8, 4) is 11.6 Å². The van der Waals surface area contributed by atoms with Crippen LogP contribution in [0.2, 0.25) is 0 Å². The summed E-state index contributed by atoms with van der Waals surface area (Å²) in [5.41, 5.74) is 1.08. The number of hydrogen-bond donors (Lipinski definition) is 0. The number of aldehydes is 1. The Morgan fingerprint density at radius 3 is 2.48 bits per heavy atom. The predicted molar refractivity (Wildman–Crippen MR) is 129 cm³/mol. The van der Waals surface area contributed by atoms with E-state index in [1.807, 2.05) is 60.8 Å². The molecule has 0 aliphatic carbocycles. The molecule has 1 aliphatic heterocycles. The van der Waals surface area contributed by atoms with Crippen molar-refractivity contribution < 1.29 is 14.3 Å². The maximum Gasteiger partial charge on any atom is 0.232 e. The third-order valence-electron chi connectivity index (χ3n) is 5.28. The third kappa shape index (κ3) is 6.46. The topological polar surface area (TPSA) is 67.8 Å². The summed E-state index contributed by atoms with van der Waals surface area (Å²) in [5, 5.41) is 0. The minimum Gasteiger partial charge on any atom is -0.483 e. The molecule has 0 bridgehead atoms. The van der Waals surface area contributed by atoms with Gasteiger partial charge >= 0.3 is 0 Å². The molecule has 1 saturated heterocycles. The second-order valence-corrected chi connectivity index (χ2v) is 9.05. The van der Waals surface area contributed by atoms with Crippen LogP contribution in [-0.2, 0) is 11.4 Å². The van der Waals surface area contributed by atoms with E-state index in [1.165, 1.54) is 11.8 Å². The molecule has 8 heteroatoms. The smallest absolute Gasteiger partial charge is 0.232 e. The van der Waals surface area contributed by atoms with Gasteiger partial charge in [0.05, 0.1) is 11.1 Å². The number of rotatable bonds is 9. The van der Waals surface area contributed by atoms with Crippen LogP contribution >= 0.6 is 11.8 Å². The Balaban J connectivity index is 1.53. The molecule has 0 amide bonds. The molecule has 1 fully saturated rings. The van der Waals surface area contributed by atoms with Crippen molar-refractivity contribution in [1.29, 1.82) is 0 Å². The summed E-state index contributed by atoms with van der Waals surface area (Å²) in [6.07, 6.45) is 2.14. The van der Waals surface area contributed by atoms with E-state index in [0.29, 0.717) is 24.2 Å². The summed E-state index contributed by atoms with van der Waals surface area (Å²) in [4.78, 5) is 26.6. The van der Waals surface area contributed by atoms with Crippen LogP contribution in [0, 0.1) is 0 Å². The van der Waals surface area contributed by atoms with Crippen molar-refractivity contribution in [2.24, 2.45) is 0 Å². The van der Waals surface area contributed by atoms with Gasteiger partial charge in [0.15, 0.2) is 12.4 Å². The highest BCUT2D eigenvalue weighted by molar-refractivity contribution is 7.99. The van der Waals surface area contributed by atoms with Gasteiger partial charge < -0.3 is 19.3 Å². The number of piperazine rings is 1. The van der Waals surface area contributed by atoms with Crippen molar-refractivity contribution in [2.45, 2.75) is 29.4 Å². The lowest BCUT2D eigenvalue weighted by molar-refractivity contribution is -0.113. The molecule has 1 aliphatic rings. The van der Waals surface area contributed by atoms with E-state index in [1.54, 1.807) is 6.92 Å². The van der Waals surface area contributed by atoms with Gasteiger partial charge in [0.25, 0.3) is 0 Å². The summed E-state index contributed by atoms with van der Waals surface area (Å²) in [6.45, 7) is 5.90. The van der Waals surface area contributed by atoms with Crippen LogP contribution in [-0.4, -0.2) is 60.5 Å². The average Bonchev–Trinajstić information content (AvgIpc) is 2.85. The molecule has 0 spiro atoms. The quantitative estimate of drug-likeness (QED) is 0.442. The van der Waals surface area contributed by atoms with E-state index in [0.717, 1.165) is 47.8 Å². The largest absolute Gasteiger partial charge is 0.483 e. The molecule has 1 unspecified atom stereocenters. The first-order chi connectivity index (χ1) is 16.1. The highest BCUT2D eigenvalue weighted by atomic mass is 32.2. The summed E-state index contributed by atoms with van der Waals surface area (Å²) in [6, 6.07) is 17.7. The van der Waals surface area contributed by atoms with Crippen molar-refractivity contribution in [3.05, 3.63) is 66.4 Å². The standard InChI is InChI=1S/C25H28N4O3S/c1-19(17-30)32-21-8-10-22(11-9-21)33-23-16-26-25(29-14-12-28(2)13-15-29)27-24(23)31-18-20-6-4-3-5-7-20/h3-11,16-17,19H,12-15,18H2,1-2H3. The van der Waals surface area contributed by atoms with Crippen molar-refractivity contribution in [1.82, 2.24) is 14.9 Å². The van der Waals surface area contributed by atoms with Crippen LogP contribution in [0.3, 0.4) is 0 Å². The lowest BCUT2D eigenvalue weighted by Crippen LogP contribution is -2.45. The predicted octanol–water partition coefficient (Wildman–Crippen LogP) is 3.92. The summed E-state index contributed by atoms with van der Waals surface area (Å²) < 4.78 is 11.7. The van der Waals surface area contributed by atoms with Gasteiger partial charge in [-0.1, -0.05) is 42.1 Å². The normalized spacial score (nSPS) is 15.2. The molecular weight excluding hydrogens is 436 g/mol. The molecule has 2 heterocycles. The monoisotopic (exact) mass is 464 g/mol. The molecule has 2 aromatic carbocycles. The molecule has 1 aromatic heterocycles. The molecule has 1 atom stereocenters. The molecular formula is C25H28N4O3S. The zero-order valence-corrected chi connectivity index (χ0v) is 19.7. The van der Waals surface area contributed by atoms with Gasteiger partial charge in [-0.25, -0.2) is 4.98 Å². The van der Waals surface area contributed by atoms with E-state index in [9.17, 15) is 4.79 Å². The van der Waals surface area contributed by atoms with Crippen LogP contribution in [0.5, 0.6) is 11.6 Å². The Morgan fingerprint density at radius 1 is 1.06 bits per heavy atom. The van der Waals surface area contributed by atoms with Crippen LogP contribution in [0.4, 0.5) is 5.95 Å². The maximum absolute atomic E-state index is 10.8. The van der Waals surface area contributed by atoms with Gasteiger partial charge in [-0.3, -0.25) is 4.79 Å². The third-order valence-corrected chi connectivity index (χ3v) is 6.29. The average molecular weight is 465 g/mol. The van der Waals surface area contributed by atoms with Crippen LogP contribution in [0.1, 0.15) is 12.5 Å². The molecule has 0 N–H and O–H groups in total. The number of carbonyl (C=O) groups is 1. The van der Waals surface area contributed by atoms with Gasteiger partial charge in [-0.15, -0.1) is 0 Å². The molecule has 7 nitrogen and oxygen atoms in total. The highest BCUT2D eigenvalue weighted by Gasteiger charge is 2.19. The zero-order valence-electron chi connectivity index (χ0n) is 18.9. The molecule has 4 rings (SSSR count). The Labute approximate surface area is 198 Å². The maximum atomic E-state index is 10.8. The molecule has 172 valence electrons. The van der Waals surface area contributed by atoms with Gasteiger partial charge in [-0.2, -0.15) is 4.98 Å². The molecule has 3 aromatic rings. The first-order valence-electron chi connectivity index (χ1n) is 11.0. The number of benzene rings is 2. The molecule has 0 saturated carbocycles. The fourth-order valence-electron chi connectivity index (χ4n) is 3.36. The lowest BCUT2D eigenvalue weighted by Gasteiger charge is -2.32. The minimum absolute atomic E-state index is 0.434. The number of anilines is 1. The molecule has 33 heavy (non-hydrogen) atoms. The van der Waals surface area contributed by atoms with E-state index >= 15 is 0 Å². The zero-order chi connectivity index (χ0) is 23.0. The van der Waals surface area contributed by atoms with E-state index in [-0.39, 0.29) is 0 Å². The minimum atomic E-state index is -0.475. The number of likely N-dealkylation sites (N-methyl/N-ethyl adjacent to an activating group) is 1. The van der Waals surface area contributed by atoms with Crippen molar-refractivity contribution in [3.63, 3.8) is 0 Å². The Bertz CT molecular complexity index is 1040. The van der Waals surface area contributed by atoms with E-state index in [2.05, 4.69) is 21.8 Å². The van der Waals surface area contributed by atoms with Crippen molar-refractivity contribution in [2.75, 3.05) is 38.1 Å². The van der Waals surface area contributed by atoms with E-state index < -0.39 is 6.10 Å². The summed E-state index contributed by atoms with van der Waals surface area (Å²) in [5.74, 6) is 1.92. The van der Waals surface area contributed by atoms with Gasteiger partial charge in [0.1, 0.15) is 12.4 Å². The van der Waals surface area contributed by atoms with Crippen LogP contribution in [0.15, 0.2) is 70.6 Å². The van der Waals surface area contributed by atoms with Crippen LogP contribution in [0.25, 0.3) is 0 Å². The Morgan fingerprint density at radius 2 is 1.79 bits per heavy atom. The fourth-order valence-corrected chi connectivity index (χ4v) is 4.18. The number of carbonyl (C=O) groups excluding carboxylic acids is 1. The molecule has 0 radical (unpaired) electrons. The Kier molecular flexibility index (Phi) is 7.80. The van der Waals surface area contributed by atoms with E-state index in [4.69, 9.17) is 14.5 Å². The first kappa shape index (κ1) is 23.1. The fraction of sp³-hybridized carbons (Fsp3) is 0.320. The van der Waals surface area contributed by atoms with Gasteiger partial charge in [-0.05, 0) is 43.8 Å². The highest BCUT2D eigenvalue weighted by Crippen LogP contribution is 2.35. The number of aromatic nitrogens is 2. The van der Waals surface area contributed by atoms with Crippen molar-refractivity contribution >= 4 is 24.0 Å². The number of ether oxygens (including phenoxy) is 2. The summed E-state index contributed by atoms with van der Waals surface area (Å²) in [7, 11) is 2.13. The second kappa shape index (κ2) is 11.2. The number of hydrogen-bond acceptors (Lipinski definition) is 8. The van der Waals surface area contributed by atoms with Gasteiger partial charge in [0, 0.05) is 31.1 Å². The van der Waals surface area contributed by atoms with Gasteiger partial charge in [0.2, 0.25) is 11.8 Å².